The van der Waals surface area contributed by atoms with E-state index in [0.717, 1.165) is 0 Å². The summed E-state index contributed by atoms with van der Waals surface area (Å²) in [5.74, 6) is 2.13. The van der Waals surface area contributed by atoms with Crippen LogP contribution >= 0.6 is 7.26 Å². The number of nitrogens with one attached hydrogen (secondary N) is 1. The minimum atomic E-state index is -2.35. The van der Waals surface area contributed by atoms with E-state index in [0.29, 0.717) is 0 Å². The Bertz CT molecular complexity index is 661. The van der Waals surface area contributed by atoms with Crippen molar-refractivity contribution in [1.29, 1.82) is 0 Å². The Morgan fingerprint density at radius 1 is 0.609 bits per heavy atom. The molecule has 0 atom stereocenters. The molecule has 0 aliphatic carbocycles. The predicted octanol–water partition coefficient (Wildman–Crippen LogP) is 3.16. The van der Waals surface area contributed by atoms with Crippen LogP contribution in [-0.2, 0) is 0 Å². The van der Waals surface area contributed by atoms with Crippen molar-refractivity contribution in [3.63, 3.8) is 0 Å². The number of hydroxylamine groups is 1. The number of benzene rings is 3. The van der Waals surface area contributed by atoms with Gasteiger partial charge in [0.05, 0.1) is 0 Å². The maximum atomic E-state index is 9.16. The molecule has 0 amide bonds. The summed E-state index contributed by atoms with van der Waals surface area (Å²) < 4.78 is 0. The quantitative estimate of drug-likeness (QED) is 0.559. The van der Waals surface area contributed by atoms with E-state index in [2.05, 4.69) is 84.1 Å². The summed E-state index contributed by atoms with van der Waals surface area (Å²) in [4.78, 5) is 0. The Balaban J connectivity index is 2.33. The second-order valence-corrected chi connectivity index (χ2v) is 9.05. The number of rotatable bonds is 5. The summed E-state index contributed by atoms with van der Waals surface area (Å²) in [6.07, 6.45) is 1.64. The molecule has 0 aliphatic heterocycles. The normalized spacial score (nSPS) is 12.2. The van der Waals surface area contributed by atoms with Gasteiger partial charge < -0.3 is 0 Å². The van der Waals surface area contributed by atoms with Gasteiger partial charge in [0.15, 0.2) is 0 Å². The van der Waals surface area contributed by atoms with Gasteiger partial charge in [-0.15, -0.1) is 0 Å². The Morgan fingerprint density at radius 2 is 0.957 bits per heavy atom. The van der Waals surface area contributed by atoms with Gasteiger partial charge in [-0.2, -0.15) is 0 Å². The summed E-state index contributed by atoms with van der Waals surface area (Å²) in [7, 11) is -2.35. The van der Waals surface area contributed by atoms with Gasteiger partial charge >= 0.3 is 137 Å². The van der Waals surface area contributed by atoms with Crippen molar-refractivity contribution in [1.82, 2.24) is 5.48 Å². The molecule has 0 unspecified atom stereocenters. The third-order valence-corrected chi connectivity index (χ3v) is 8.49. The molecule has 116 valence electrons. The molecule has 0 radical (unpaired) electrons. The standard InChI is InChI=1S/C20H20NOP/c22-21-16-17-23(18-10-4-1-5-11-18,19-12-6-2-7-13-19)20-14-8-3-9-15-20/h1-17,21-23H/b17-16+. The molecule has 0 spiro atoms. The van der Waals surface area contributed by atoms with Crippen molar-refractivity contribution in [2.24, 2.45) is 0 Å². The summed E-state index contributed by atoms with van der Waals surface area (Å²) in [6, 6.07) is 31.6. The van der Waals surface area contributed by atoms with Crippen molar-refractivity contribution in [3.8, 4) is 0 Å². The van der Waals surface area contributed by atoms with Crippen molar-refractivity contribution in [2.75, 3.05) is 0 Å². The molecule has 3 rings (SSSR count). The van der Waals surface area contributed by atoms with E-state index in [1.807, 2.05) is 18.2 Å². The summed E-state index contributed by atoms with van der Waals surface area (Å²) >= 11 is 0. The van der Waals surface area contributed by atoms with E-state index in [-0.39, 0.29) is 0 Å². The third kappa shape index (κ3) is 3.05. The van der Waals surface area contributed by atoms with Crippen LogP contribution in [0.2, 0.25) is 0 Å². The summed E-state index contributed by atoms with van der Waals surface area (Å²) in [6.45, 7) is 0. The number of hydrogen-bond acceptors (Lipinski definition) is 2. The molecule has 3 aromatic carbocycles. The Labute approximate surface area is 137 Å². The molecular formula is C20H20NOP. The topological polar surface area (TPSA) is 32.3 Å². The van der Waals surface area contributed by atoms with Crippen molar-refractivity contribution < 1.29 is 5.21 Å². The van der Waals surface area contributed by atoms with E-state index in [1.165, 1.54) is 15.9 Å². The molecule has 3 heteroatoms. The van der Waals surface area contributed by atoms with Crippen LogP contribution < -0.4 is 21.4 Å². The second-order valence-electron chi connectivity index (χ2n) is 5.37. The first-order valence-corrected chi connectivity index (χ1v) is 9.69. The second kappa shape index (κ2) is 7.23. The van der Waals surface area contributed by atoms with Crippen LogP contribution in [0.4, 0.5) is 0 Å². The van der Waals surface area contributed by atoms with E-state index < -0.39 is 7.26 Å². The van der Waals surface area contributed by atoms with Crippen molar-refractivity contribution >= 4 is 23.2 Å². The molecular weight excluding hydrogens is 301 g/mol. The van der Waals surface area contributed by atoms with Crippen LogP contribution in [0, 0.1) is 0 Å². The van der Waals surface area contributed by atoms with Crippen LogP contribution in [0.1, 0.15) is 0 Å². The van der Waals surface area contributed by atoms with Gasteiger partial charge in [-0.25, -0.2) is 0 Å². The molecule has 0 aromatic heterocycles. The Hall–Kier alpha value is -2.41. The first kappa shape index (κ1) is 15.5. The Kier molecular flexibility index (Phi) is 4.87. The summed E-state index contributed by atoms with van der Waals surface area (Å²) in [5, 5.41) is 13.0. The van der Waals surface area contributed by atoms with Gasteiger partial charge in [-0.05, 0) is 0 Å². The fraction of sp³-hybridized carbons (Fsp3) is 0. The van der Waals surface area contributed by atoms with Gasteiger partial charge in [0.2, 0.25) is 0 Å². The number of hydrogen-bond donors (Lipinski definition) is 2. The average molecular weight is 321 g/mol. The van der Waals surface area contributed by atoms with Gasteiger partial charge in [0, 0.05) is 0 Å². The first-order valence-electron chi connectivity index (χ1n) is 7.62. The molecule has 2 N–H and O–H groups in total. The molecule has 0 saturated carbocycles. The van der Waals surface area contributed by atoms with E-state index >= 15 is 0 Å². The average Bonchev–Trinajstić information content (AvgIpc) is 2.65. The van der Waals surface area contributed by atoms with Gasteiger partial charge in [0.1, 0.15) is 0 Å². The van der Waals surface area contributed by atoms with Crippen molar-refractivity contribution in [2.45, 2.75) is 0 Å². The van der Waals surface area contributed by atoms with Gasteiger partial charge in [0.25, 0.3) is 0 Å². The van der Waals surface area contributed by atoms with Gasteiger partial charge in [-0.1, -0.05) is 0 Å². The molecule has 3 aromatic rings. The molecule has 2 nitrogen and oxygen atoms in total. The maximum absolute atomic E-state index is 9.16. The van der Waals surface area contributed by atoms with Crippen LogP contribution in [0.5, 0.6) is 0 Å². The first-order chi connectivity index (χ1) is 11.4. The van der Waals surface area contributed by atoms with Crippen LogP contribution in [-0.4, -0.2) is 5.21 Å². The molecule has 0 saturated heterocycles. The van der Waals surface area contributed by atoms with E-state index in [4.69, 9.17) is 5.21 Å². The molecule has 0 bridgehead atoms. The third-order valence-electron chi connectivity index (χ3n) is 4.10. The van der Waals surface area contributed by atoms with Gasteiger partial charge in [-0.3, -0.25) is 0 Å². The van der Waals surface area contributed by atoms with Crippen LogP contribution in [0.25, 0.3) is 0 Å². The Morgan fingerprint density at radius 3 is 1.26 bits per heavy atom. The molecule has 23 heavy (non-hydrogen) atoms. The fourth-order valence-corrected chi connectivity index (χ4v) is 7.11. The zero-order valence-corrected chi connectivity index (χ0v) is 13.8. The molecule has 0 heterocycles. The van der Waals surface area contributed by atoms with E-state index in [9.17, 15) is 0 Å². The fourth-order valence-electron chi connectivity index (χ4n) is 3.05. The molecule has 0 fully saturated rings. The van der Waals surface area contributed by atoms with E-state index in [1.54, 1.807) is 6.20 Å². The minimum absolute atomic E-state index is 1.28. The zero-order valence-electron chi connectivity index (χ0n) is 12.8. The van der Waals surface area contributed by atoms with Crippen LogP contribution in [0.3, 0.4) is 0 Å². The van der Waals surface area contributed by atoms with Crippen molar-refractivity contribution in [3.05, 3.63) is 103 Å². The predicted molar refractivity (Wildman–Crippen MR) is 101 cm³/mol. The molecule has 0 aliphatic rings. The zero-order chi connectivity index (χ0) is 16.0. The summed E-state index contributed by atoms with van der Waals surface area (Å²) in [5.41, 5.74) is 2.19. The SMILES string of the molecule is ON/C=C/[PH](c1ccccc1)(c1ccccc1)c1ccccc1. The van der Waals surface area contributed by atoms with Crippen LogP contribution in [0.15, 0.2) is 103 Å². The monoisotopic (exact) mass is 321 g/mol.